The van der Waals surface area contributed by atoms with Gasteiger partial charge >= 0.3 is 0 Å². The van der Waals surface area contributed by atoms with Gasteiger partial charge in [-0.1, -0.05) is 6.42 Å². The number of piperidine rings is 1. The number of ketones is 1. The highest BCUT2D eigenvalue weighted by Crippen LogP contribution is 2.19. The van der Waals surface area contributed by atoms with E-state index in [4.69, 9.17) is 5.73 Å². The summed E-state index contributed by atoms with van der Waals surface area (Å²) in [6.45, 7) is 7.19. The number of rotatable bonds is 6. The number of hydrogen-bond acceptors (Lipinski definition) is 4. The van der Waals surface area contributed by atoms with Crippen molar-refractivity contribution < 1.29 is 4.79 Å². The van der Waals surface area contributed by atoms with E-state index in [9.17, 15) is 4.79 Å². The molecular weight excluding hydrogens is 262 g/mol. The van der Waals surface area contributed by atoms with E-state index in [1.807, 2.05) is 12.1 Å². The Labute approximate surface area is 127 Å². The number of carbonyl (C=O) groups excluding carboxylic acids is 1. The number of carbonyl (C=O) groups is 1. The maximum Gasteiger partial charge on any atom is 0.161 e. The average Bonchev–Trinajstić information content (AvgIpc) is 2.45. The second-order valence-electron chi connectivity index (χ2n) is 6.02. The summed E-state index contributed by atoms with van der Waals surface area (Å²) >= 11 is 0. The number of nitrogens with zero attached hydrogens (tertiary/aromatic N) is 1. The Morgan fingerprint density at radius 3 is 2.90 bits per heavy atom. The highest BCUT2D eigenvalue weighted by Gasteiger charge is 2.16. The van der Waals surface area contributed by atoms with Gasteiger partial charge in [-0.25, -0.2) is 0 Å². The van der Waals surface area contributed by atoms with E-state index in [1.165, 1.54) is 25.8 Å². The van der Waals surface area contributed by atoms with Crippen molar-refractivity contribution in [3.05, 3.63) is 23.8 Å². The third-order valence-electron chi connectivity index (χ3n) is 4.32. The summed E-state index contributed by atoms with van der Waals surface area (Å²) < 4.78 is 0. The Hall–Kier alpha value is -1.55. The summed E-state index contributed by atoms with van der Waals surface area (Å²) in [7, 11) is 0. The summed E-state index contributed by atoms with van der Waals surface area (Å²) in [5.41, 5.74) is 8.04. The van der Waals surface area contributed by atoms with Gasteiger partial charge in [-0.2, -0.15) is 0 Å². The second kappa shape index (κ2) is 7.46. The molecule has 0 saturated carbocycles. The fraction of sp³-hybridized carbons (Fsp3) is 0.588. The van der Waals surface area contributed by atoms with E-state index < -0.39 is 0 Å². The lowest BCUT2D eigenvalue weighted by atomic mass is 10.0. The molecule has 116 valence electrons. The molecule has 4 nitrogen and oxygen atoms in total. The molecule has 1 aromatic carbocycles. The quantitative estimate of drug-likeness (QED) is 0.480. The minimum absolute atomic E-state index is 0.0122. The van der Waals surface area contributed by atoms with E-state index in [0.717, 1.165) is 31.2 Å². The summed E-state index contributed by atoms with van der Waals surface area (Å²) in [4.78, 5) is 13.9. The van der Waals surface area contributed by atoms with Crippen LogP contribution in [0.15, 0.2) is 18.2 Å². The first kappa shape index (κ1) is 15.8. The van der Waals surface area contributed by atoms with Gasteiger partial charge in [-0.05, 0) is 57.9 Å². The average molecular weight is 289 g/mol. The summed E-state index contributed by atoms with van der Waals surface area (Å²) in [6, 6.07) is 6.30. The molecule has 0 amide bonds. The number of Topliss-reactive ketones (excluding diaryl/α,β-unsaturated/α-hetero) is 1. The van der Waals surface area contributed by atoms with Crippen molar-refractivity contribution in [3.63, 3.8) is 0 Å². The van der Waals surface area contributed by atoms with Gasteiger partial charge in [-0.15, -0.1) is 0 Å². The molecule has 0 bridgehead atoms. The van der Waals surface area contributed by atoms with Crippen molar-refractivity contribution in [2.24, 2.45) is 0 Å². The fourth-order valence-corrected chi connectivity index (χ4v) is 3.00. The van der Waals surface area contributed by atoms with Crippen LogP contribution in [-0.2, 0) is 0 Å². The van der Waals surface area contributed by atoms with Crippen LogP contribution in [0, 0.1) is 0 Å². The smallest absolute Gasteiger partial charge is 0.161 e. The lowest BCUT2D eigenvalue weighted by molar-refractivity contribution is 0.101. The Morgan fingerprint density at radius 2 is 2.24 bits per heavy atom. The largest absolute Gasteiger partial charge is 0.398 e. The van der Waals surface area contributed by atoms with Crippen LogP contribution in [0.1, 0.15) is 49.9 Å². The molecule has 3 N–H and O–H groups in total. The highest BCUT2D eigenvalue weighted by molar-refractivity contribution is 5.99. The number of nitrogens with one attached hydrogen (secondary N) is 1. The fourth-order valence-electron chi connectivity index (χ4n) is 3.00. The van der Waals surface area contributed by atoms with Crippen molar-refractivity contribution in [1.82, 2.24) is 4.90 Å². The molecule has 1 aromatic rings. The third-order valence-corrected chi connectivity index (χ3v) is 4.32. The van der Waals surface area contributed by atoms with Gasteiger partial charge in [0.2, 0.25) is 0 Å². The molecule has 0 aromatic heterocycles. The van der Waals surface area contributed by atoms with Crippen LogP contribution in [0.2, 0.25) is 0 Å². The van der Waals surface area contributed by atoms with Crippen molar-refractivity contribution >= 4 is 17.2 Å². The van der Waals surface area contributed by atoms with Gasteiger partial charge in [-0.3, -0.25) is 4.79 Å². The first-order chi connectivity index (χ1) is 10.1. The lowest BCUT2D eigenvalue weighted by Gasteiger charge is -2.33. The molecular formula is C17H27N3O. The molecule has 1 aliphatic rings. The molecule has 1 saturated heterocycles. The Balaban J connectivity index is 1.76. The van der Waals surface area contributed by atoms with Crippen molar-refractivity contribution in [2.45, 2.75) is 45.6 Å². The monoisotopic (exact) mass is 289 g/mol. The molecule has 0 radical (unpaired) electrons. The molecule has 21 heavy (non-hydrogen) atoms. The van der Waals surface area contributed by atoms with Gasteiger partial charge < -0.3 is 16.0 Å². The first-order valence-electron chi connectivity index (χ1n) is 7.96. The molecule has 4 heteroatoms. The van der Waals surface area contributed by atoms with Crippen molar-refractivity contribution in [2.75, 3.05) is 30.7 Å². The minimum atomic E-state index is 0.0122. The molecule has 1 heterocycles. The molecule has 0 aliphatic carbocycles. The summed E-state index contributed by atoms with van der Waals surface area (Å²) in [6.07, 6.45) is 5.16. The van der Waals surface area contributed by atoms with Crippen molar-refractivity contribution in [1.29, 1.82) is 0 Å². The second-order valence-corrected chi connectivity index (χ2v) is 6.02. The van der Waals surface area contributed by atoms with Crippen LogP contribution in [0.5, 0.6) is 0 Å². The van der Waals surface area contributed by atoms with Crippen LogP contribution in [-0.4, -0.2) is 36.4 Å². The number of nitrogens with two attached hydrogens (primary N) is 1. The molecule has 1 unspecified atom stereocenters. The van der Waals surface area contributed by atoms with Crippen LogP contribution in [0.3, 0.4) is 0 Å². The number of hydrogen-bond donors (Lipinski definition) is 2. The van der Waals surface area contributed by atoms with Gasteiger partial charge in [0.25, 0.3) is 0 Å². The van der Waals surface area contributed by atoms with E-state index in [1.54, 1.807) is 13.0 Å². The van der Waals surface area contributed by atoms with E-state index in [-0.39, 0.29) is 5.78 Å². The van der Waals surface area contributed by atoms with E-state index >= 15 is 0 Å². The van der Waals surface area contributed by atoms with Gasteiger partial charge in [0.15, 0.2) is 5.78 Å². The zero-order chi connectivity index (χ0) is 15.2. The molecule has 1 fully saturated rings. The van der Waals surface area contributed by atoms with Gasteiger partial charge in [0, 0.05) is 36.1 Å². The predicted molar refractivity (Wildman–Crippen MR) is 88.9 cm³/mol. The maximum absolute atomic E-state index is 11.3. The Kier molecular flexibility index (Phi) is 5.62. The van der Waals surface area contributed by atoms with Gasteiger partial charge in [0.05, 0.1) is 0 Å². The topological polar surface area (TPSA) is 58.4 Å². The predicted octanol–water partition coefficient (Wildman–Crippen LogP) is 3.15. The van der Waals surface area contributed by atoms with E-state index in [0.29, 0.717) is 11.3 Å². The van der Waals surface area contributed by atoms with Crippen LogP contribution in [0.4, 0.5) is 11.4 Å². The summed E-state index contributed by atoms with van der Waals surface area (Å²) in [5.74, 6) is 0.0122. The highest BCUT2D eigenvalue weighted by atomic mass is 16.1. The molecule has 0 spiro atoms. The molecule has 2 rings (SSSR count). The first-order valence-corrected chi connectivity index (χ1v) is 7.96. The molecule has 1 aliphatic heterocycles. The summed E-state index contributed by atoms with van der Waals surface area (Å²) in [5, 5.41) is 3.39. The van der Waals surface area contributed by atoms with Crippen LogP contribution in [0.25, 0.3) is 0 Å². The number of anilines is 2. The van der Waals surface area contributed by atoms with Crippen LogP contribution >= 0.6 is 0 Å². The molecule has 1 atom stereocenters. The Bertz CT molecular complexity index is 487. The van der Waals surface area contributed by atoms with Crippen LogP contribution < -0.4 is 11.1 Å². The zero-order valence-electron chi connectivity index (χ0n) is 13.2. The Morgan fingerprint density at radius 1 is 1.43 bits per heavy atom. The number of nitrogen functional groups attached to an aromatic ring is 1. The zero-order valence-corrected chi connectivity index (χ0v) is 13.2. The van der Waals surface area contributed by atoms with Gasteiger partial charge in [0.1, 0.15) is 0 Å². The SMILES string of the molecule is CC(=O)c1ccc(NCCCN2CCCCC2C)cc1N. The third kappa shape index (κ3) is 4.46. The lowest BCUT2D eigenvalue weighted by Crippen LogP contribution is -2.38. The standard InChI is InChI=1S/C17H27N3O/c1-13-6-3-4-10-20(13)11-5-9-19-15-7-8-16(14(2)21)17(18)12-15/h7-8,12-13,19H,3-6,9-11,18H2,1-2H3. The maximum atomic E-state index is 11.3. The van der Waals surface area contributed by atoms with Crippen molar-refractivity contribution in [3.8, 4) is 0 Å². The van der Waals surface area contributed by atoms with E-state index in [2.05, 4.69) is 17.1 Å². The number of likely N-dealkylation sites (tertiary alicyclic amines) is 1. The minimum Gasteiger partial charge on any atom is -0.398 e. The normalized spacial score (nSPS) is 19.4. The number of benzene rings is 1.